The highest BCUT2D eigenvalue weighted by Gasteiger charge is 2.50. The fourth-order valence-corrected chi connectivity index (χ4v) is 4.71. The van der Waals surface area contributed by atoms with Crippen molar-refractivity contribution in [3.05, 3.63) is 23.9 Å². The number of anilines is 1. The fourth-order valence-electron chi connectivity index (χ4n) is 4.71. The van der Waals surface area contributed by atoms with Crippen molar-refractivity contribution < 1.29 is 14.3 Å². The Kier molecular flexibility index (Phi) is 5.27. The molecular formula is C21H30N4O3. The Balaban J connectivity index is 1.38. The van der Waals surface area contributed by atoms with E-state index in [1.807, 2.05) is 12.1 Å². The molecule has 1 amide bonds. The highest BCUT2D eigenvalue weighted by Crippen LogP contribution is 2.44. The summed E-state index contributed by atoms with van der Waals surface area (Å²) in [4.78, 5) is 35.5. The van der Waals surface area contributed by atoms with Crippen molar-refractivity contribution in [2.24, 2.45) is 5.41 Å². The minimum Gasteiger partial charge on any atom is -0.461 e. The number of ether oxygens (including phenoxy) is 1. The van der Waals surface area contributed by atoms with Crippen LogP contribution < -0.4 is 4.90 Å². The maximum absolute atomic E-state index is 12.7. The second-order valence-electron chi connectivity index (χ2n) is 8.59. The van der Waals surface area contributed by atoms with Crippen molar-refractivity contribution in [2.45, 2.75) is 38.2 Å². The van der Waals surface area contributed by atoms with E-state index in [4.69, 9.17) is 4.74 Å². The third-order valence-corrected chi connectivity index (χ3v) is 6.39. The lowest BCUT2D eigenvalue weighted by molar-refractivity contribution is -0.150. The second kappa shape index (κ2) is 7.70. The van der Waals surface area contributed by atoms with E-state index in [1.54, 1.807) is 20.2 Å². The summed E-state index contributed by atoms with van der Waals surface area (Å²) in [5.41, 5.74) is 0.117. The number of hydrogen-bond acceptors (Lipinski definition) is 6. The smallest absolute Gasteiger partial charge is 0.312 e. The summed E-state index contributed by atoms with van der Waals surface area (Å²) >= 11 is 0. The van der Waals surface area contributed by atoms with Gasteiger partial charge in [-0.15, -0.1) is 0 Å². The first-order valence-corrected chi connectivity index (χ1v) is 10.3. The molecule has 1 spiro atoms. The molecule has 0 N–H and O–H groups in total. The summed E-state index contributed by atoms with van der Waals surface area (Å²) in [7, 11) is 3.46. The predicted molar refractivity (Wildman–Crippen MR) is 106 cm³/mol. The number of cyclic esters (lactones) is 1. The number of esters is 1. The van der Waals surface area contributed by atoms with E-state index in [2.05, 4.69) is 14.8 Å². The number of likely N-dealkylation sites (tertiary alicyclic amines) is 1. The molecule has 7 heteroatoms. The van der Waals surface area contributed by atoms with Crippen LogP contribution >= 0.6 is 0 Å². The molecule has 0 aromatic carbocycles. The highest BCUT2D eigenvalue weighted by atomic mass is 16.6. The molecule has 1 aromatic heterocycles. The van der Waals surface area contributed by atoms with Crippen molar-refractivity contribution in [1.29, 1.82) is 0 Å². The lowest BCUT2D eigenvalue weighted by Crippen LogP contribution is -2.43. The Hall–Kier alpha value is -2.15. The van der Waals surface area contributed by atoms with Crippen molar-refractivity contribution >= 4 is 17.7 Å². The molecule has 3 fully saturated rings. The summed E-state index contributed by atoms with van der Waals surface area (Å²) in [6.07, 6.45) is 4.96. The molecule has 0 bridgehead atoms. The van der Waals surface area contributed by atoms with Crippen molar-refractivity contribution in [2.75, 3.05) is 51.7 Å². The molecule has 28 heavy (non-hydrogen) atoms. The number of carbonyl (C=O) groups is 2. The van der Waals surface area contributed by atoms with E-state index in [9.17, 15) is 9.59 Å². The Morgan fingerprint density at radius 1 is 1.21 bits per heavy atom. The van der Waals surface area contributed by atoms with Crippen LogP contribution in [0, 0.1) is 5.41 Å². The highest BCUT2D eigenvalue weighted by molar-refractivity contribution is 5.92. The summed E-state index contributed by atoms with van der Waals surface area (Å²) in [6.45, 7) is 4.66. The van der Waals surface area contributed by atoms with Crippen LogP contribution in [0.1, 0.15) is 42.6 Å². The zero-order chi connectivity index (χ0) is 19.7. The van der Waals surface area contributed by atoms with Crippen LogP contribution in [0.3, 0.4) is 0 Å². The van der Waals surface area contributed by atoms with E-state index in [0.29, 0.717) is 5.69 Å². The maximum atomic E-state index is 12.7. The number of carbonyl (C=O) groups excluding carboxylic acids is 2. The average molecular weight is 386 g/mol. The van der Waals surface area contributed by atoms with Crippen molar-refractivity contribution in [1.82, 2.24) is 14.8 Å². The van der Waals surface area contributed by atoms with Gasteiger partial charge in [-0.05, 0) is 50.9 Å². The standard InChI is InChI=1S/C21H30N4O3/c1-23(2)19(26)17-6-5-7-18(22-17)25-12-8-21(9-13-25)14-16(28-20(21)27)15-24-10-3-4-11-24/h5-7,16H,3-4,8-15H2,1-2H3. The largest absolute Gasteiger partial charge is 0.461 e. The zero-order valence-corrected chi connectivity index (χ0v) is 16.9. The molecule has 0 aliphatic carbocycles. The third kappa shape index (κ3) is 3.72. The number of amides is 1. The van der Waals surface area contributed by atoms with Crippen molar-refractivity contribution in [3.8, 4) is 0 Å². The van der Waals surface area contributed by atoms with Crippen LogP contribution in [0.25, 0.3) is 0 Å². The van der Waals surface area contributed by atoms with Gasteiger partial charge in [0.1, 0.15) is 17.6 Å². The molecule has 1 atom stereocenters. The number of piperidine rings is 1. The second-order valence-corrected chi connectivity index (χ2v) is 8.59. The molecule has 1 unspecified atom stereocenters. The molecule has 7 nitrogen and oxygen atoms in total. The number of aromatic nitrogens is 1. The average Bonchev–Trinajstić information content (AvgIpc) is 3.30. The first-order valence-electron chi connectivity index (χ1n) is 10.3. The quantitative estimate of drug-likeness (QED) is 0.735. The first kappa shape index (κ1) is 19.2. The lowest BCUT2D eigenvalue weighted by atomic mass is 9.76. The molecule has 3 aliphatic heterocycles. The van der Waals surface area contributed by atoms with Gasteiger partial charge in [0.2, 0.25) is 0 Å². The van der Waals surface area contributed by atoms with Crippen LogP contribution in [0.5, 0.6) is 0 Å². The minimum absolute atomic E-state index is 0.0131. The van der Waals surface area contributed by atoms with Gasteiger partial charge in [0.25, 0.3) is 5.91 Å². The monoisotopic (exact) mass is 386 g/mol. The van der Waals surface area contributed by atoms with Gasteiger partial charge < -0.3 is 14.5 Å². The van der Waals surface area contributed by atoms with Gasteiger partial charge in [0, 0.05) is 40.2 Å². The van der Waals surface area contributed by atoms with E-state index in [-0.39, 0.29) is 23.4 Å². The molecule has 0 radical (unpaired) electrons. The molecule has 4 heterocycles. The van der Waals surface area contributed by atoms with Crippen molar-refractivity contribution in [3.63, 3.8) is 0 Å². The van der Waals surface area contributed by atoms with E-state index in [0.717, 1.165) is 57.8 Å². The number of hydrogen-bond donors (Lipinski definition) is 0. The molecule has 4 rings (SSSR count). The van der Waals surface area contributed by atoms with Crippen LogP contribution in [-0.4, -0.2) is 79.6 Å². The van der Waals surface area contributed by atoms with Crippen LogP contribution in [-0.2, 0) is 9.53 Å². The zero-order valence-electron chi connectivity index (χ0n) is 16.9. The summed E-state index contributed by atoms with van der Waals surface area (Å²) in [5.74, 6) is 0.697. The summed E-state index contributed by atoms with van der Waals surface area (Å²) in [6, 6.07) is 5.56. The van der Waals surface area contributed by atoms with Crippen LogP contribution in [0.15, 0.2) is 18.2 Å². The van der Waals surface area contributed by atoms with Gasteiger partial charge in [-0.1, -0.05) is 6.07 Å². The van der Waals surface area contributed by atoms with Gasteiger partial charge in [0.15, 0.2) is 0 Å². The normalized spacial score (nSPS) is 24.6. The number of pyridine rings is 1. The van der Waals surface area contributed by atoms with E-state index in [1.165, 1.54) is 17.7 Å². The molecule has 1 aromatic rings. The summed E-state index contributed by atoms with van der Waals surface area (Å²) in [5, 5.41) is 0. The lowest BCUT2D eigenvalue weighted by Gasteiger charge is -2.37. The van der Waals surface area contributed by atoms with Gasteiger partial charge in [0.05, 0.1) is 5.41 Å². The van der Waals surface area contributed by atoms with Gasteiger partial charge >= 0.3 is 5.97 Å². The van der Waals surface area contributed by atoms with Gasteiger partial charge in [-0.3, -0.25) is 14.5 Å². The number of rotatable bonds is 4. The first-order chi connectivity index (χ1) is 13.5. The third-order valence-electron chi connectivity index (χ3n) is 6.39. The predicted octanol–water partition coefficient (Wildman–Crippen LogP) is 1.78. The Morgan fingerprint density at radius 3 is 2.61 bits per heavy atom. The fraction of sp³-hybridized carbons (Fsp3) is 0.667. The van der Waals surface area contributed by atoms with E-state index < -0.39 is 0 Å². The molecule has 3 saturated heterocycles. The number of nitrogens with zero attached hydrogens (tertiary/aromatic N) is 4. The van der Waals surface area contributed by atoms with Gasteiger partial charge in [-0.2, -0.15) is 0 Å². The van der Waals surface area contributed by atoms with E-state index >= 15 is 0 Å². The Bertz CT molecular complexity index is 737. The Morgan fingerprint density at radius 2 is 1.93 bits per heavy atom. The molecule has 0 saturated carbocycles. The maximum Gasteiger partial charge on any atom is 0.312 e. The van der Waals surface area contributed by atoms with Gasteiger partial charge in [-0.25, -0.2) is 4.98 Å². The topological polar surface area (TPSA) is 66.0 Å². The minimum atomic E-state index is -0.335. The molecular weight excluding hydrogens is 356 g/mol. The van der Waals surface area contributed by atoms with Crippen LogP contribution in [0.2, 0.25) is 0 Å². The molecule has 3 aliphatic rings. The SMILES string of the molecule is CN(C)C(=O)c1cccc(N2CCC3(CC2)CC(CN2CCCC2)OC3=O)n1. The van der Waals surface area contributed by atoms with Crippen LogP contribution in [0.4, 0.5) is 5.82 Å². The molecule has 152 valence electrons. The summed E-state index contributed by atoms with van der Waals surface area (Å²) < 4.78 is 5.77. The Labute approximate surface area is 166 Å².